The van der Waals surface area contributed by atoms with Crippen LogP contribution < -0.4 is 4.90 Å². The van der Waals surface area contributed by atoms with Gasteiger partial charge in [0.15, 0.2) is 0 Å². The minimum Gasteiger partial charge on any atom is -0.361 e. The summed E-state index contributed by atoms with van der Waals surface area (Å²) in [6.07, 6.45) is 6.70. The van der Waals surface area contributed by atoms with Crippen molar-refractivity contribution in [2.45, 2.75) is 12.3 Å². The van der Waals surface area contributed by atoms with E-state index >= 15 is 0 Å². The van der Waals surface area contributed by atoms with Crippen LogP contribution in [0.3, 0.4) is 0 Å². The molecule has 1 fully saturated rings. The Morgan fingerprint density at radius 2 is 2.27 bits per heavy atom. The lowest BCUT2D eigenvalue weighted by molar-refractivity contribution is -0.119. The van der Waals surface area contributed by atoms with Crippen LogP contribution in [-0.2, 0) is 11.8 Å². The number of carbonyl (C=O) groups is 1. The molecule has 112 valence electrons. The van der Waals surface area contributed by atoms with Crippen molar-refractivity contribution >= 4 is 22.5 Å². The zero-order chi connectivity index (χ0) is 15.3. The van der Waals surface area contributed by atoms with E-state index in [0.717, 1.165) is 28.6 Å². The first-order valence-electron chi connectivity index (χ1n) is 7.47. The molecule has 0 unspecified atom stereocenters. The fourth-order valence-electron chi connectivity index (χ4n) is 3.09. The number of aromatic amines is 1. The summed E-state index contributed by atoms with van der Waals surface area (Å²) in [7, 11) is 3.76. The van der Waals surface area contributed by atoms with Crippen LogP contribution in [0.4, 0.5) is 5.69 Å². The molecule has 3 aromatic rings. The highest BCUT2D eigenvalue weighted by Crippen LogP contribution is 2.48. The van der Waals surface area contributed by atoms with E-state index in [1.807, 2.05) is 57.0 Å². The quantitative estimate of drug-likeness (QED) is 0.807. The van der Waals surface area contributed by atoms with Crippen molar-refractivity contribution in [3.05, 3.63) is 48.4 Å². The zero-order valence-electron chi connectivity index (χ0n) is 12.7. The minimum atomic E-state index is 0.0774. The Balaban J connectivity index is 1.53. The molecule has 4 rings (SSSR count). The van der Waals surface area contributed by atoms with Gasteiger partial charge in [-0.25, -0.2) is 0 Å². The van der Waals surface area contributed by atoms with Crippen molar-refractivity contribution in [3.63, 3.8) is 0 Å². The molecular weight excluding hydrogens is 276 g/mol. The van der Waals surface area contributed by atoms with Crippen LogP contribution >= 0.6 is 0 Å². The third-order valence-corrected chi connectivity index (χ3v) is 4.52. The van der Waals surface area contributed by atoms with Gasteiger partial charge in [-0.15, -0.1) is 0 Å². The normalized spacial score (nSPS) is 20.3. The van der Waals surface area contributed by atoms with Crippen LogP contribution in [0.2, 0.25) is 0 Å². The molecule has 1 aromatic carbocycles. The number of nitrogens with one attached hydrogen (secondary N) is 1. The molecule has 0 radical (unpaired) electrons. The number of H-pyrrole nitrogens is 1. The molecule has 2 atom stereocenters. The first kappa shape index (κ1) is 13.1. The highest BCUT2D eigenvalue weighted by Gasteiger charge is 2.46. The second kappa shape index (κ2) is 4.73. The molecule has 5 heteroatoms. The highest BCUT2D eigenvalue weighted by atomic mass is 16.2. The smallest absolute Gasteiger partial charge is 0.230 e. The van der Waals surface area contributed by atoms with Crippen molar-refractivity contribution in [1.82, 2.24) is 14.8 Å². The number of benzene rings is 1. The number of amides is 1. The van der Waals surface area contributed by atoms with Crippen molar-refractivity contribution < 1.29 is 4.79 Å². The largest absolute Gasteiger partial charge is 0.361 e. The van der Waals surface area contributed by atoms with Crippen molar-refractivity contribution in [2.75, 3.05) is 11.9 Å². The summed E-state index contributed by atoms with van der Waals surface area (Å²) < 4.78 is 1.79. The lowest BCUT2D eigenvalue weighted by Gasteiger charge is -2.17. The molecule has 22 heavy (non-hydrogen) atoms. The van der Waals surface area contributed by atoms with E-state index in [1.54, 1.807) is 9.58 Å². The third kappa shape index (κ3) is 2.09. The zero-order valence-corrected chi connectivity index (χ0v) is 12.7. The minimum absolute atomic E-state index is 0.0774. The van der Waals surface area contributed by atoms with Gasteiger partial charge in [-0.3, -0.25) is 9.48 Å². The Morgan fingerprint density at radius 1 is 1.41 bits per heavy atom. The van der Waals surface area contributed by atoms with E-state index in [4.69, 9.17) is 0 Å². The summed E-state index contributed by atoms with van der Waals surface area (Å²) in [6, 6.07) is 8.08. The Morgan fingerprint density at radius 3 is 3.05 bits per heavy atom. The summed E-state index contributed by atoms with van der Waals surface area (Å²) in [5.41, 5.74) is 3.14. The molecule has 1 aliphatic rings. The Hall–Kier alpha value is -2.56. The molecule has 0 saturated heterocycles. The monoisotopic (exact) mass is 294 g/mol. The van der Waals surface area contributed by atoms with E-state index in [1.165, 1.54) is 0 Å². The average Bonchev–Trinajstić information content (AvgIpc) is 2.97. The van der Waals surface area contributed by atoms with Crippen molar-refractivity contribution in [3.8, 4) is 0 Å². The number of fused-ring (bicyclic) bond motifs is 1. The summed E-state index contributed by atoms with van der Waals surface area (Å²) in [5, 5.41) is 5.35. The van der Waals surface area contributed by atoms with E-state index in [2.05, 4.69) is 10.1 Å². The Bertz CT molecular complexity index is 847. The van der Waals surface area contributed by atoms with E-state index in [9.17, 15) is 4.79 Å². The maximum atomic E-state index is 12.7. The van der Waals surface area contributed by atoms with E-state index in [-0.39, 0.29) is 11.8 Å². The lowest BCUT2D eigenvalue weighted by atomic mass is 10.1. The molecule has 1 aliphatic carbocycles. The summed E-state index contributed by atoms with van der Waals surface area (Å²) in [5.74, 6) is 0.575. The molecule has 1 N–H and O–H groups in total. The average molecular weight is 294 g/mol. The fourth-order valence-corrected chi connectivity index (χ4v) is 3.09. The highest BCUT2D eigenvalue weighted by molar-refractivity contribution is 5.98. The number of rotatable bonds is 3. The maximum absolute atomic E-state index is 12.7. The molecular formula is C17H18N4O. The van der Waals surface area contributed by atoms with Gasteiger partial charge in [0, 0.05) is 43.6 Å². The first-order valence-corrected chi connectivity index (χ1v) is 7.47. The molecule has 0 bridgehead atoms. The number of carbonyl (C=O) groups excluding carboxylic acids is 1. The molecule has 0 aliphatic heterocycles. The molecule has 5 nitrogen and oxygen atoms in total. The fraction of sp³-hybridized carbons (Fsp3) is 0.294. The van der Waals surface area contributed by atoms with Gasteiger partial charge in [0.1, 0.15) is 0 Å². The van der Waals surface area contributed by atoms with Crippen LogP contribution in [0.1, 0.15) is 17.9 Å². The van der Waals surface area contributed by atoms with Crippen LogP contribution in [0, 0.1) is 5.92 Å². The SMILES string of the molecule is CN(C(=O)[C@@H]1C[C@H]1c1cnn(C)c1)c1ccc2cc[nH]c2c1. The van der Waals surface area contributed by atoms with Gasteiger partial charge < -0.3 is 9.88 Å². The van der Waals surface area contributed by atoms with Crippen molar-refractivity contribution in [2.24, 2.45) is 13.0 Å². The second-order valence-corrected chi connectivity index (χ2v) is 6.04. The van der Waals surface area contributed by atoms with Gasteiger partial charge in [-0.1, -0.05) is 6.07 Å². The van der Waals surface area contributed by atoms with Gasteiger partial charge in [0.05, 0.1) is 6.20 Å². The molecule has 0 spiro atoms. The molecule has 1 saturated carbocycles. The summed E-state index contributed by atoms with van der Waals surface area (Å²) >= 11 is 0. The van der Waals surface area contributed by atoms with Crippen molar-refractivity contribution in [1.29, 1.82) is 0 Å². The van der Waals surface area contributed by atoms with Gasteiger partial charge in [0.25, 0.3) is 0 Å². The van der Waals surface area contributed by atoms with Crippen LogP contribution in [-0.4, -0.2) is 27.7 Å². The van der Waals surface area contributed by atoms with E-state index in [0.29, 0.717) is 5.92 Å². The van der Waals surface area contributed by atoms with Gasteiger partial charge in [-0.2, -0.15) is 5.10 Å². The standard InChI is InChI=1S/C17H18N4O/c1-20-10-12(9-19-20)14-8-15(14)17(22)21(2)13-4-3-11-5-6-18-16(11)7-13/h3-7,9-10,14-15,18H,8H2,1-2H3/t14-,15+/m0/s1. The number of aryl methyl sites for hydroxylation is 1. The topological polar surface area (TPSA) is 53.9 Å². The predicted octanol–water partition coefficient (Wildman–Crippen LogP) is 2.67. The van der Waals surface area contributed by atoms with Gasteiger partial charge in [-0.05, 0) is 41.5 Å². The third-order valence-electron chi connectivity index (χ3n) is 4.52. The number of nitrogens with zero attached hydrogens (tertiary/aromatic N) is 3. The molecule has 2 aromatic heterocycles. The number of aromatic nitrogens is 3. The van der Waals surface area contributed by atoms with Gasteiger partial charge in [0.2, 0.25) is 5.91 Å². The van der Waals surface area contributed by atoms with Crippen LogP contribution in [0.25, 0.3) is 10.9 Å². The second-order valence-electron chi connectivity index (χ2n) is 6.04. The Labute approximate surface area is 128 Å². The summed E-state index contributed by atoms with van der Waals surface area (Å²) in [6.45, 7) is 0. The lowest BCUT2D eigenvalue weighted by Crippen LogP contribution is -2.28. The van der Waals surface area contributed by atoms with Gasteiger partial charge >= 0.3 is 0 Å². The maximum Gasteiger partial charge on any atom is 0.230 e. The van der Waals surface area contributed by atoms with Crippen LogP contribution in [0.5, 0.6) is 0 Å². The first-order chi connectivity index (χ1) is 10.6. The Kier molecular flexibility index (Phi) is 2.82. The number of anilines is 1. The van der Waals surface area contributed by atoms with E-state index < -0.39 is 0 Å². The molecule has 2 heterocycles. The number of hydrogen-bond donors (Lipinski definition) is 1. The van der Waals surface area contributed by atoms with Crippen LogP contribution in [0.15, 0.2) is 42.9 Å². The number of hydrogen-bond acceptors (Lipinski definition) is 2. The predicted molar refractivity (Wildman–Crippen MR) is 85.8 cm³/mol. The summed E-state index contributed by atoms with van der Waals surface area (Å²) in [4.78, 5) is 17.6. The molecule has 1 amide bonds.